The van der Waals surface area contributed by atoms with Crippen LogP contribution >= 0.6 is 15.9 Å². The van der Waals surface area contributed by atoms with Crippen molar-refractivity contribution in [3.8, 4) is 0 Å². The van der Waals surface area contributed by atoms with Crippen molar-refractivity contribution in [1.82, 2.24) is 0 Å². The van der Waals surface area contributed by atoms with Crippen LogP contribution in [-0.2, 0) is 6.54 Å². The van der Waals surface area contributed by atoms with Gasteiger partial charge in [0.05, 0.1) is 4.47 Å². The van der Waals surface area contributed by atoms with Crippen LogP contribution in [0.15, 0.2) is 16.6 Å². The van der Waals surface area contributed by atoms with Gasteiger partial charge < -0.3 is 5.73 Å². The minimum Gasteiger partial charge on any atom is -0.326 e. The highest BCUT2D eigenvalue weighted by Crippen LogP contribution is 2.19. The van der Waals surface area contributed by atoms with E-state index in [0.29, 0.717) is 11.0 Å². The van der Waals surface area contributed by atoms with Crippen LogP contribution in [0.2, 0.25) is 0 Å². The number of hydrogen-bond donors (Lipinski definition) is 1. The highest BCUT2D eigenvalue weighted by Gasteiger charge is 2.02. The summed E-state index contributed by atoms with van der Waals surface area (Å²) in [5, 5.41) is 0. The molecule has 1 aromatic rings. The normalized spacial score (nSPS) is 10.2. The maximum absolute atomic E-state index is 12.8. The lowest BCUT2D eigenvalue weighted by Crippen LogP contribution is -1.99. The first-order chi connectivity index (χ1) is 5.15. The second-order valence-electron chi connectivity index (χ2n) is 2.40. The van der Waals surface area contributed by atoms with E-state index in [0.717, 1.165) is 11.1 Å². The van der Waals surface area contributed by atoms with Crippen LogP contribution in [0.4, 0.5) is 4.39 Å². The Balaban J connectivity index is 3.21. The zero-order valence-electron chi connectivity index (χ0n) is 6.20. The molecular formula is C8H9BrFN. The quantitative estimate of drug-likeness (QED) is 0.769. The van der Waals surface area contributed by atoms with E-state index >= 15 is 0 Å². The molecule has 0 aliphatic carbocycles. The average molecular weight is 218 g/mol. The van der Waals surface area contributed by atoms with E-state index in [1.54, 1.807) is 6.07 Å². The van der Waals surface area contributed by atoms with E-state index in [1.807, 2.05) is 6.92 Å². The van der Waals surface area contributed by atoms with Gasteiger partial charge in [0.2, 0.25) is 0 Å². The maximum Gasteiger partial charge on any atom is 0.137 e. The predicted molar refractivity (Wildman–Crippen MR) is 46.7 cm³/mol. The zero-order chi connectivity index (χ0) is 8.43. The lowest BCUT2D eigenvalue weighted by Gasteiger charge is -2.03. The molecule has 0 bridgehead atoms. The summed E-state index contributed by atoms with van der Waals surface area (Å²) >= 11 is 3.09. The molecule has 0 aliphatic heterocycles. The molecule has 0 saturated heterocycles. The molecule has 0 fully saturated rings. The number of benzene rings is 1. The van der Waals surface area contributed by atoms with Crippen LogP contribution in [0.3, 0.4) is 0 Å². The molecule has 1 nitrogen and oxygen atoms in total. The molecular weight excluding hydrogens is 209 g/mol. The summed E-state index contributed by atoms with van der Waals surface area (Å²) in [6.45, 7) is 2.29. The molecule has 0 amide bonds. The minimum absolute atomic E-state index is 0.236. The summed E-state index contributed by atoms with van der Waals surface area (Å²) in [6, 6.07) is 3.19. The summed E-state index contributed by atoms with van der Waals surface area (Å²) in [7, 11) is 0. The summed E-state index contributed by atoms with van der Waals surface area (Å²) in [5.41, 5.74) is 7.29. The Morgan fingerprint density at radius 1 is 1.55 bits per heavy atom. The molecule has 60 valence electrons. The predicted octanol–water partition coefficient (Wildman–Crippen LogP) is 2.36. The fourth-order valence-corrected chi connectivity index (χ4v) is 1.30. The number of halogens is 2. The molecule has 0 radical (unpaired) electrons. The van der Waals surface area contributed by atoms with E-state index in [9.17, 15) is 4.39 Å². The van der Waals surface area contributed by atoms with Gasteiger partial charge in [0, 0.05) is 6.54 Å². The fraction of sp³-hybridized carbons (Fsp3) is 0.250. The molecule has 1 rings (SSSR count). The van der Waals surface area contributed by atoms with Crippen molar-refractivity contribution < 1.29 is 4.39 Å². The molecule has 1 aromatic carbocycles. The molecule has 0 aliphatic rings. The molecule has 0 aromatic heterocycles. The van der Waals surface area contributed by atoms with Crippen LogP contribution in [-0.4, -0.2) is 0 Å². The Morgan fingerprint density at radius 2 is 2.18 bits per heavy atom. The standard InChI is InChI=1S/C8H9BrFN/c1-5-2-8(10)7(9)3-6(5)4-11/h2-3H,4,11H2,1H3. The van der Waals surface area contributed by atoms with Crippen LogP contribution in [0, 0.1) is 12.7 Å². The first-order valence-electron chi connectivity index (χ1n) is 3.29. The van der Waals surface area contributed by atoms with E-state index < -0.39 is 0 Å². The summed E-state index contributed by atoms with van der Waals surface area (Å²) < 4.78 is 13.3. The fourth-order valence-electron chi connectivity index (χ4n) is 0.907. The third kappa shape index (κ3) is 1.79. The average Bonchev–Trinajstić information content (AvgIpc) is 1.97. The topological polar surface area (TPSA) is 26.0 Å². The molecule has 2 N–H and O–H groups in total. The van der Waals surface area contributed by atoms with Crippen molar-refractivity contribution >= 4 is 15.9 Å². The lowest BCUT2D eigenvalue weighted by atomic mass is 10.1. The van der Waals surface area contributed by atoms with Gasteiger partial charge in [-0.05, 0) is 46.1 Å². The van der Waals surface area contributed by atoms with Gasteiger partial charge in [-0.2, -0.15) is 0 Å². The monoisotopic (exact) mass is 217 g/mol. The third-order valence-corrected chi connectivity index (χ3v) is 2.21. The van der Waals surface area contributed by atoms with Crippen molar-refractivity contribution in [2.75, 3.05) is 0 Å². The van der Waals surface area contributed by atoms with Crippen LogP contribution in [0.25, 0.3) is 0 Å². The van der Waals surface area contributed by atoms with Gasteiger partial charge in [0.15, 0.2) is 0 Å². The number of rotatable bonds is 1. The summed E-state index contributed by atoms with van der Waals surface area (Å²) in [5.74, 6) is -0.236. The molecule has 0 unspecified atom stereocenters. The molecule has 0 atom stereocenters. The van der Waals surface area contributed by atoms with Gasteiger partial charge >= 0.3 is 0 Å². The summed E-state index contributed by atoms with van der Waals surface area (Å²) in [6.07, 6.45) is 0. The Kier molecular flexibility index (Phi) is 2.62. The van der Waals surface area contributed by atoms with E-state index in [4.69, 9.17) is 5.73 Å². The Bertz CT molecular complexity index is 273. The molecule has 11 heavy (non-hydrogen) atoms. The molecule has 0 saturated carbocycles. The van der Waals surface area contributed by atoms with Gasteiger partial charge in [0.25, 0.3) is 0 Å². The first-order valence-corrected chi connectivity index (χ1v) is 4.09. The van der Waals surface area contributed by atoms with Crippen molar-refractivity contribution in [3.05, 3.63) is 33.5 Å². The number of nitrogens with two attached hydrogens (primary N) is 1. The number of hydrogen-bond acceptors (Lipinski definition) is 1. The van der Waals surface area contributed by atoms with Crippen LogP contribution < -0.4 is 5.73 Å². The van der Waals surface area contributed by atoms with Gasteiger partial charge in [-0.1, -0.05) is 0 Å². The highest BCUT2D eigenvalue weighted by atomic mass is 79.9. The van der Waals surface area contributed by atoms with E-state index in [1.165, 1.54) is 6.07 Å². The van der Waals surface area contributed by atoms with Crippen LogP contribution in [0.1, 0.15) is 11.1 Å². The first kappa shape index (κ1) is 8.68. The van der Waals surface area contributed by atoms with E-state index in [2.05, 4.69) is 15.9 Å². The zero-order valence-corrected chi connectivity index (χ0v) is 7.78. The second-order valence-corrected chi connectivity index (χ2v) is 3.25. The largest absolute Gasteiger partial charge is 0.326 e. The highest BCUT2D eigenvalue weighted by molar-refractivity contribution is 9.10. The van der Waals surface area contributed by atoms with Crippen molar-refractivity contribution in [2.45, 2.75) is 13.5 Å². The third-order valence-electron chi connectivity index (χ3n) is 1.60. The number of aryl methyl sites for hydroxylation is 1. The second kappa shape index (κ2) is 3.32. The Labute approximate surface area is 73.5 Å². The van der Waals surface area contributed by atoms with Gasteiger partial charge in [-0.3, -0.25) is 0 Å². The van der Waals surface area contributed by atoms with Gasteiger partial charge in [-0.15, -0.1) is 0 Å². The van der Waals surface area contributed by atoms with Crippen molar-refractivity contribution in [2.24, 2.45) is 5.73 Å². The van der Waals surface area contributed by atoms with Gasteiger partial charge in [-0.25, -0.2) is 4.39 Å². The molecule has 3 heteroatoms. The smallest absolute Gasteiger partial charge is 0.137 e. The Morgan fingerprint density at radius 3 is 2.73 bits per heavy atom. The SMILES string of the molecule is Cc1cc(F)c(Br)cc1CN. The maximum atomic E-state index is 12.8. The summed E-state index contributed by atoms with van der Waals surface area (Å²) in [4.78, 5) is 0. The van der Waals surface area contributed by atoms with Crippen molar-refractivity contribution in [1.29, 1.82) is 0 Å². The Hall–Kier alpha value is -0.410. The molecule has 0 heterocycles. The van der Waals surface area contributed by atoms with Crippen molar-refractivity contribution in [3.63, 3.8) is 0 Å². The van der Waals surface area contributed by atoms with Gasteiger partial charge in [0.1, 0.15) is 5.82 Å². The minimum atomic E-state index is -0.236. The van der Waals surface area contributed by atoms with Crippen LogP contribution in [0.5, 0.6) is 0 Å². The van der Waals surface area contributed by atoms with E-state index in [-0.39, 0.29) is 5.82 Å². The lowest BCUT2D eigenvalue weighted by molar-refractivity contribution is 0.618. The molecule has 0 spiro atoms.